The summed E-state index contributed by atoms with van der Waals surface area (Å²) in [4.78, 5) is 28.4. The van der Waals surface area contributed by atoms with E-state index in [1.807, 2.05) is 0 Å². The van der Waals surface area contributed by atoms with Crippen LogP contribution in [0.1, 0.15) is 20.8 Å². The Kier molecular flexibility index (Phi) is 21.1. The topological polar surface area (TPSA) is 214 Å². The van der Waals surface area contributed by atoms with Crippen molar-refractivity contribution < 1.29 is 165 Å². The fourth-order valence-corrected chi connectivity index (χ4v) is 2.89. The summed E-state index contributed by atoms with van der Waals surface area (Å²) in [6.45, 7) is 0. The molecule has 0 radical (unpaired) electrons. The Morgan fingerprint density at radius 3 is 1.53 bits per heavy atom. The number of benzene rings is 2. The molecule has 2 aromatic carbocycles. The van der Waals surface area contributed by atoms with Gasteiger partial charge in [-0.1, -0.05) is 30.3 Å². The normalized spacial score (nSPS) is 10.5. The first-order chi connectivity index (χ1) is 14.1. The number of hydrogen-bond acceptors (Lipinski definition) is 11. The van der Waals surface area contributed by atoms with Crippen LogP contribution in [-0.2, 0) is 22.7 Å². The van der Waals surface area contributed by atoms with Gasteiger partial charge in [-0.15, -0.1) is 22.7 Å². The van der Waals surface area contributed by atoms with Crippen LogP contribution in [-0.4, -0.2) is 53.4 Å². The zero-order chi connectivity index (χ0) is 22.6. The molecule has 34 heavy (non-hydrogen) atoms. The molecule has 0 saturated carbocycles. The number of nitrogens with zero attached hydrogens (tertiary/aromatic N) is 1. The number of ketones is 2. The van der Waals surface area contributed by atoms with E-state index in [9.17, 15) is 19.8 Å². The van der Waals surface area contributed by atoms with Crippen molar-refractivity contribution in [3.05, 3.63) is 53.9 Å². The number of fused-ring (bicyclic) bond motifs is 4. The monoisotopic (exact) mass is 543 g/mol. The number of phenolic OH excluding ortho intramolecular Hbond substituents is 2. The zero-order valence-electron chi connectivity index (χ0n) is 18.5. The third-order valence-electron chi connectivity index (χ3n) is 3.89. The molecule has 158 valence electrons. The Morgan fingerprint density at radius 1 is 0.676 bits per heavy atom. The molecule has 1 aliphatic rings. The maximum Gasteiger partial charge on any atom is 1.00 e. The van der Waals surface area contributed by atoms with Crippen LogP contribution in [0, 0.1) is 0 Å². The third-order valence-corrected chi connectivity index (χ3v) is 3.89. The molecule has 4 rings (SSSR count). The van der Waals surface area contributed by atoms with Crippen LogP contribution in [0.3, 0.4) is 0 Å². The second-order valence-corrected chi connectivity index (χ2v) is 6.28. The van der Waals surface area contributed by atoms with Gasteiger partial charge in [0.25, 0.3) is 5.78 Å². The van der Waals surface area contributed by atoms with E-state index in [2.05, 4.69) is 4.98 Å². The van der Waals surface area contributed by atoms with Gasteiger partial charge in [0, 0.05) is 28.1 Å². The second-order valence-electron chi connectivity index (χ2n) is 5.46. The number of carbonyl (C=O) groups is 2. The fraction of sp³-hybridized carbons (Fsp3) is 0. The number of carbonyl (C=O) groups excluding carboxylic acids is 2. The van der Waals surface area contributed by atoms with Crippen LogP contribution in [0.15, 0.2) is 42.6 Å². The minimum absolute atomic E-state index is 0. The van der Waals surface area contributed by atoms with Crippen molar-refractivity contribution in [2.45, 2.75) is 0 Å². The Labute approximate surface area is 286 Å². The molecule has 0 amide bonds. The number of rotatable bonds is 0. The third kappa shape index (κ3) is 9.67. The summed E-state index contributed by atoms with van der Waals surface area (Å²) in [7, 11) is 0. The number of hydrogen-bond donors (Lipinski definition) is 2. The Bertz CT molecular complexity index is 1190. The molecule has 11 nitrogen and oxygen atoms in total. The molecule has 3 aromatic rings. The van der Waals surface area contributed by atoms with Gasteiger partial charge in [-0.25, -0.2) is 0 Å². The van der Waals surface area contributed by atoms with Crippen LogP contribution in [0.25, 0.3) is 21.9 Å². The molecule has 0 atom stereocenters. The standard InChI is InChI=1S/C17H9NO4.4Na.2H2O3S/c19-14-8-4-1-2-5-9(8)15(20)12-11(14)10-6-3-7-18-13(10)17(22)16(12)21;;;;;2*1-4(2)3/h1-7,19-20H;;;;;2*(H2,1,2,3)/q;4*+1;;/p-4. The van der Waals surface area contributed by atoms with Gasteiger partial charge < -0.3 is 28.4 Å². The zero-order valence-corrected chi connectivity index (χ0v) is 28.1. The van der Waals surface area contributed by atoms with Gasteiger partial charge in [-0.2, -0.15) is 0 Å². The maximum absolute atomic E-state index is 12.3. The number of pyridine rings is 1. The summed E-state index contributed by atoms with van der Waals surface area (Å²) in [5.74, 6) is -2.08. The van der Waals surface area contributed by atoms with Crippen molar-refractivity contribution in [3.8, 4) is 22.6 Å². The second kappa shape index (κ2) is 18.2. The van der Waals surface area contributed by atoms with Crippen molar-refractivity contribution in [1.82, 2.24) is 4.98 Å². The summed E-state index contributed by atoms with van der Waals surface area (Å²) in [6.07, 6.45) is 1.41. The van der Waals surface area contributed by atoms with Gasteiger partial charge in [0.1, 0.15) is 17.2 Å². The number of aromatic nitrogens is 1. The summed E-state index contributed by atoms with van der Waals surface area (Å²) < 4.78 is 50.7. The van der Waals surface area contributed by atoms with Gasteiger partial charge in [-0.3, -0.25) is 23.0 Å². The van der Waals surface area contributed by atoms with Crippen molar-refractivity contribution in [2.75, 3.05) is 0 Å². The molecule has 0 bridgehead atoms. The summed E-state index contributed by atoms with van der Waals surface area (Å²) in [5.41, 5.74) is 0.330. The number of aromatic hydroxyl groups is 2. The van der Waals surface area contributed by atoms with E-state index < -0.39 is 34.3 Å². The van der Waals surface area contributed by atoms with E-state index in [4.69, 9.17) is 26.6 Å². The van der Waals surface area contributed by atoms with Gasteiger partial charge in [0.05, 0.1) is 5.56 Å². The molecule has 17 heteroatoms. The molecule has 1 heterocycles. The largest absolute Gasteiger partial charge is 1.00 e. The summed E-state index contributed by atoms with van der Waals surface area (Å²) in [6, 6.07) is 9.83. The van der Waals surface area contributed by atoms with E-state index >= 15 is 0 Å². The quantitative estimate of drug-likeness (QED) is 0.118. The molecule has 1 aliphatic carbocycles. The molecule has 0 aliphatic heterocycles. The minimum Gasteiger partial charge on any atom is -0.784 e. The van der Waals surface area contributed by atoms with Crippen molar-refractivity contribution in [3.63, 3.8) is 0 Å². The van der Waals surface area contributed by atoms with Crippen LogP contribution in [0.5, 0.6) is 11.5 Å². The summed E-state index contributed by atoms with van der Waals surface area (Å²) in [5, 5.41) is 21.7. The van der Waals surface area contributed by atoms with Crippen LogP contribution in [0.2, 0.25) is 0 Å². The SMILES string of the molecule is O=C1C(=O)c2c(c(O)c3ccccc3c2O)-c2cccnc21.O=S([O-])[O-].O=S([O-])[O-].[Na+].[Na+].[Na+].[Na+]. The Morgan fingerprint density at radius 2 is 1.09 bits per heavy atom. The summed E-state index contributed by atoms with van der Waals surface area (Å²) >= 11 is -6.22. The van der Waals surface area contributed by atoms with Crippen LogP contribution >= 0.6 is 0 Å². The molecule has 0 spiro atoms. The van der Waals surface area contributed by atoms with Crippen molar-refractivity contribution >= 4 is 45.1 Å². The maximum atomic E-state index is 12.3. The van der Waals surface area contributed by atoms with E-state index in [0.717, 1.165) is 0 Å². The Hall–Kier alpha value is 0.930. The number of Topliss-reactive ketones (excluding diaryl/α,β-unsaturated/α-hetero) is 2. The van der Waals surface area contributed by atoms with Crippen LogP contribution < -0.4 is 118 Å². The van der Waals surface area contributed by atoms with E-state index in [1.54, 1.807) is 36.4 Å². The molecular formula is C17H9NNa4O10S2. The minimum atomic E-state index is -3.11. The molecule has 0 unspecified atom stereocenters. The van der Waals surface area contributed by atoms with Crippen LogP contribution in [0.4, 0.5) is 0 Å². The predicted molar refractivity (Wildman–Crippen MR) is 98.6 cm³/mol. The van der Waals surface area contributed by atoms with E-state index in [0.29, 0.717) is 16.3 Å². The van der Waals surface area contributed by atoms with Gasteiger partial charge in [0.2, 0.25) is 5.78 Å². The first-order valence-electron chi connectivity index (χ1n) is 7.62. The van der Waals surface area contributed by atoms with Crippen molar-refractivity contribution in [2.24, 2.45) is 0 Å². The fourth-order valence-electron chi connectivity index (χ4n) is 2.89. The smallest absolute Gasteiger partial charge is 0.784 e. The molecule has 1 aromatic heterocycles. The molecule has 0 fully saturated rings. The first-order valence-corrected chi connectivity index (χ1v) is 9.62. The van der Waals surface area contributed by atoms with E-state index in [-0.39, 0.29) is 147 Å². The Balaban J connectivity index is -0.000000708. The average molecular weight is 543 g/mol. The van der Waals surface area contributed by atoms with Gasteiger partial charge in [0.15, 0.2) is 0 Å². The average Bonchev–Trinajstić information content (AvgIpc) is 2.68. The van der Waals surface area contributed by atoms with Crippen molar-refractivity contribution in [1.29, 1.82) is 0 Å². The molecular weight excluding hydrogens is 534 g/mol. The first kappa shape index (κ1) is 39.4. The predicted octanol–water partition coefficient (Wildman–Crippen LogP) is -11.3. The van der Waals surface area contributed by atoms with Gasteiger partial charge in [-0.05, 0) is 6.07 Å². The molecule has 0 saturated heterocycles. The number of phenols is 2. The molecule has 2 N–H and O–H groups in total. The van der Waals surface area contributed by atoms with E-state index in [1.165, 1.54) is 6.20 Å². The van der Waals surface area contributed by atoms with Gasteiger partial charge >= 0.3 is 118 Å².